The standard InChI is InChI=1S/C19H21N3O/c1-13-4-5-17-15(10-13)16-12-21(3)8-6-18(16)22(17)11-14(2)19-20-7-9-23-19/h4-5,7,9-11H,6,8,12H2,1-3H3. The number of hydrogen-bond donors (Lipinski definition) is 0. The number of oxazole rings is 1. The number of aromatic nitrogens is 2. The fraction of sp³-hybridized carbons (Fsp3) is 0.316. The molecule has 118 valence electrons. The predicted molar refractivity (Wildman–Crippen MR) is 93.1 cm³/mol. The second-order valence-corrected chi connectivity index (χ2v) is 6.45. The highest BCUT2D eigenvalue weighted by Crippen LogP contribution is 2.32. The van der Waals surface area contributed by atoms with Gasteiger partial charge < -0.3 is 13.9 Å². The molecule has 0 aliphatic carbocycles. The Morgan fingerprint density at radius 2 is 2.22 bits per heavy atom. The van der Waals surface area contributed by atoms with Crippen LogP contribution in [-0.4, -0.2) is 28.0 Å². The number of rotatable bonds is 2. The van der Waals surface area contributed by atoms with Crippen molar-refractivity contribution in [3.8, 4) is 0 Å². The lowest BCUT2D eigenvalue weighted by Gasteiger charge is -2.23. The van der Waals surface area contributed by atoms with Crippen molar-refractivity contribution in [3.05, 3.63) is 53.4 Å². The van der Waals surface area contributed by atoms with E-state index in [1.165, 1.54) is 27.7 Å². The summed E-state index contributed by atoms with van der Waals surface area (Å²) in [6, 6.07) is 6.71. The third-order valence-corrected chi connectivity index (χ3v) is 4.63. The van der Waals surface area contributed by atoms with Crippen LogP contribution in [-0.2, 0) is 13.0 Å². The highest BCUT2D eigenvalue weighted by atomic mass is 16.3. The van der Waals surface area contributed by atoms with Gasteiger partial charge in [0.25, 0.3) is 0 Å². The molecule has 0 saturated carbocycles. The van der Waals surface area contributed by atoms with Gasteiger partial charge in [0, 0.05) is 42.4 Å². The Bertz CT molecular complexity index is 887. The van der Waals surface area contributed by atoms with Gasteiger partial charge in [-0.25, -0.2) is 4.98 Å². The van der Waals surface area contributed by atoms with Crippen molar-refractivity contribution in [3.63, 3.8) is 0 Å². The summed E-state index contributed by atoms with van der Waals surface area (Å²) in [5, 5.41) is 1.36. The summed E-state index contributed by atoms with van der Waals surface area (Å²) >= 11 is 0. The molecule has 0 saturated heterocycles. The number of aryl methyl sites for hydroxylation is 1. The average molecular weight is 307 g/mol. The van der Waals surface area contributed by atoms with Gasteiger partial charge in [0.2, 0.25) is 5.89 Å². The molecule has 1 aromatic carbocycles. The van der Waals surface area contributed by atoms with E-state index in [4.69, 9.17) is 4.42 Å². The van der Waals surface area contributed by atoms with E-state index in [1.807, 2.05) is 6.92 Å². The Morgan fingerprint density at radius 3 is 3.00 bits per heavy atom. The maximum atomic E-state index is 5.44. The second-order valence-electron chi connectivity index (χ2n) is 6.45. The molecular weight excluding hydrogens is 286 g/mol. The van der Waals surface area contributed by atoms with E-state index >= 15 is 0 Å². The number of likely N-dealkylation sites (N-methyl/N-ethyl adjacent to an activating group) is 1. The summed E-state index contributed by atoms with van der Waals surface area (Å²) in [4.78, 5) is 6.65. The van der Waals surface area contributed by atoms with Crippen molar-refractivity contribution in [2.24, 2.45) is 0 Å². The van der Waals surface area contributed by atoms with Crippen molar-refractivity contribution in [1.82, 2.24) is 14.5 Å². The Kier molecular flexibility index (Phi) is 3.34. The van der Waals surface area contributed by atoms with Crippen molar-refractivity contribution in [2.75, 3.05) is 13.6 Å². The lowest BCUT2D eigenvalue weighted by molar-refractivity contribution is 0.312. The van der Waals surface area contributed by atoms with Crippen LogP contribution in [0.1, 0.15) is 29.6 Å². The Hall–Kier alpha value is -2.33. The zero-order chi connectivity index (χ0) is 16.0. The summed E-state index contributed by atoms with van der Waals surface area (Å²) in [6.45, 7) is 6.30. The summed E-state index contributed by atoms with van der Waals surface area (Å²) in [5.74, 6) is 0.681. The highest BCUT2D eigenvalue weighted by Gasteiger charge is 2.22. The summed E-state index contributed by atoms with van der Waals surface area (Å²) in [6.07, 6.45) is 6.53. The van der Waals surface area contributed by atoms with Crippen molar-refractivity contribution in [2.45, 2.75) is 26.8 Å². The molecule has 4 heteroatoms. The quantitative estimate of drug-likeness (QED) is 0.719. The van der Waals surface area contributed by atoms with Crippen LogP contribution >= 0.6 is 0 Å². The largest absolute Gasteiger partial charge is 0.445 e. The number of fused-ring (bicyclic) bond motifs is 3. The molecule has 0 fully saturated rings. The third kappa shape index (κ3) is 2.39. The molecular formula is C19H21N3O. The van der Waals surface area contributed by atoms with E-state index in [2.05, 4.69) is 52.8 Å². The van der Waals surface area contributed by atoms with Crippen LogP contribution < -0.4 is 0 Å². The van der Waals surface area contributed by atoms with Gasteiger partial charge in [-0.2, -0.15) is 0 Å². The summed E-state index contributed by atoms with van der Waals surface area (Å²) in [7, 11) is 2.19. The Balaban J connectivity index is 1.94. The molecule has 0 N–H and O–H groups in total. The van der Waals surface area contributed by atoms with Crippen LogP contribution in [0.15, 0.2) is 35.1 Å². The fourth-order valence-corrected chi connectivity index (χ4v) is 3.46. The van der Waals surface area contributed by atoms with Crippen LogP contribution in [0.2, 0.25) is 0 Å². The summed E-state index contributed by atoms with van der Waals surface area (Å²) in [5.41, 5.74) is 6.47. The monoisotopic (exact) mass is 307 g/mol. The van der Waals surface area contributed by atoms with Crippen LogP contribution in [0.3, 0.4) is 0 Å². The van der Waals surface area contributed by atoms with E-state index in [9.17, 15) is 0 Å². The molecule has 0 radical (unpaired) electrons. The van der Waals surface area contributed by atoms with E-state index in [1.54, 1.807) is 12.5 Å². The van der Waals surface area contributed by atoms with Gasteiger partial charge in [0.1, 0.15) is 6.26 Å². The van der Waals surface area contributed by atoms with E-state index in [0.29, 0.717) is 5.89 Å². The first-order valence-corrected chi connectivity index (χ1v) is 8.02. The second kappa shape index (κ2) is 5.39. The Labute approximate surface area is 136 Å². The molecule has 3 heterocycles. The van der Waals surface area contributed by atoms with Crippen molar-refractivity contribution in [1.29, 1.82) is 0 Å². The summed E-state index contributed by atoms with van der Waals surface area (Å²) < 4.78 is 7.77. The van der Waals surface area contributed by atoms with E-state index in [0.717, 1.165) is 25.1 Å². The molecule has 4 nitrogen and oxygen atoms in total. The van der Waals surface area contributed by atoms with E-state index in [-0.39, 0.29) is 0 Å². The Morgan fingerprint density at radius 1 is 1.35 bits per heavy atom. The highest BCUT2D eigenvalue weighted by molar-refractivity contribution is 5.90. The maximum Gasteiger partial charge on any atom is 0.222 e. The third-order valence-electron chi connectivity index (χ3n) is 4.63. The number of hydrogen-bond acceptors (Lipinski definition) is 3. The van der Waals surface area contributed by atoms with Crippen molar-refractivity contribution < 1.29 is 4.42 Å². The maximum absolute atomic E-state index is 5.44. The predicted octanol–water partition coefficient (Wildman–Crippen LogP) is 3.94. The van der Waals surface area contributed by atoms with E-state index < -0.39 is 0 Å². The van der Waals surface area contributed by atoms with Gasteiger partial charge >= 0.3 is 0 Å². The van der Waals surface area contributed by atoms with Gasteiger partial charge in [-0.05, 0) is 38.6 Å². The van der Waals surface area contributed by atoms with Gasteiger partial charge in [-0.1, -0.05) is 11.6 Å². The smallest absolute Gasteiger partial charge is 0.222 e. The van der Waals surface area contributed by atoms with Gasteiger partial charge in [0.05, 0.1) is 11.7 Å². The molecule has 3 aromatic rings. The van der Waals surface area contributed by atoms with Crippen LogP contribution in [0.25, 0.3) is 22.7 Å². The molecule has 1 aliphatic heterocycles. The molecule has 0 unspecified atom stereocenters. The zero-order valence-electron chi connectivity index (χ0n) is 13.8. The topological polar surface area (TPSA) is 34.2 Å². The molecule has 0 bridgehead atoms. The molecule has 0 spiro atoms. The molecule has 2 aromatic heterocycles. The minimum atomic E-state index is 0.681. The van der Waals surface area contributed by atoms with Crippen molar-refractivity contribution >= 4 is 22.7 Å². The van der Waals surface area contributed by atoms with Gasteiger partial charge in [0.15, 0.2) is 0 Å². The van der Waals surface area contributed by atoms with Crippen LogP contribution in [0.5, 0.6) is 0 Å². The lowest BCUT2D eigenvalue weighted by Crippen LogP contribution is -2.26. The zero-order valence-corrected chi connectivity index (χ0v) is 13.8. The molecule has 0 atom stereocenters. The van der Waals surface area contributed by atoms with Crippen LogP contribution in [0.4, 0.5) is 0 Å². The lowest BCUT2D eigenvalue weighted by atomic mass is 10.0. The first-order valence-electron chi connectivity index (χ1n) is 8.02. The number of benzene rings is 1. The number of allylic oxidation sites excluding steroid dienone is 1. The number of nitrogens with zero attached hydrogens (tertiary/aromatic N) is 3. The van der Waals surface area contributed by atoms with Crippen LogP contribution in [0, 0.1) is 6.92 Å². The molecule has 23 heavy (non-hydrogen) atoms. The molecule has 0 amide bonds. The van der Waals surface area contributed by atoms with Gasteiger partial charge in [-0.15, -0.1) is 0 Å². The normalized spacial score (nSPS) is 16.0. The molecule has 1 aliphatic rings. The average Bonchev–Trinajstić information content (AvgIpc) is 3.15. The molecule has 4 rings (SSSR count). The first kappa shape index (κ1) is 14.3. The van der Waals surface area contributed by atoms with Gasteiger partial charge in [-0.3, -0.25) is 0 Å². The SMILES string of the molecule is CC(=Cn1c2c(c3cc(C)ccc31)CN(C)CC2)c1ncco1. The minimum Gasteiger partial charge on any atom is -0.445 e. The first-order chi connectivity index (χ1) is 11.1. The fourth-order valence-electron chi connectivity index (χ4n) is 3.46. The minimum absolute atomic E-state index is 0.681.